The Hall–Kier alpha value is -2.16. The number of aryl methyl sites for hydroxylation is 1. The summed E-state index contributed by atoms with van der Waals surface area (Å²) in [5, 5.41) is 4.56. The molecule has 3 rings (SSSR count). The molecule has 0 aliphatic heterocycles. The average molecular weight is 494 g/mol. The largest absolute Gasteiger partial charge is 0.391 e. The van der Waals surface area contributed by atoms with E-state index in [0.717, 1.165) is 25.2 Å². The number of unbranched alkanes of at least 4 members (excludes halogenated alkanes) is 11. The van der Waals surface area contributed by atoms with Crippen molar-refractivity contribution >= 4 is 5.71 Å². The van der Waals surface area contributed by atoms with Gasteiger partial charge in [-0.3, -0.25) is 0 Å². The Balaban J connectivity index is 1.13. The van der Waals surface area contributed by atoms with Gasteiger partial charge in [0.1, 0.15) is 12.4 Å². The van der Waals surface area contributed by atoms with Crippen LogP contribution in [0.3, 0.4) is 0 Å². The second-order valence-electron chi connectivity index (χ2n) is 10.8. The third-order valence-corrected chi connectivity index (χ3v) is 7.61. The molecule has 2 nitrogen and oxygen atoms in total. The molecule has 0 unspecified atom stereocenters. The summed E-state index contributed by atoms with van der Waals surface area (Å²) in [7, 11) is 0. The van der Waals surface area contributed by atoms with E-state index in [1.54, 1.807) is 12.1 Å². The summed E-state index contributed by atoms with van der Waals surface area (Å²) in [6.07, 6.45) is 23.5. The Morgan fingerprint density at radius 1 is 0.694 bits per heavy atom. The first-order valence-electron chi connectivity index (χ1n) is 14.8. The van der Waals surface area contributed by atoms with Crippen molar-refractivity contribution in [2.45, 2.75) is 122 Å². The zero-order valence-corrected chi connectivity index (χ0v) is 22.4. The second kappa shape index (κ2) is 18.1. The summed E-state index contributed by atoms with van der Waals surface area (Å²) in [5.41, 5.74) is 3.73. The van der Waals surface area contributed by atoms with Crippen molar-refractivity contribution < 1.29 is 9.23 Å². The molecule has 0 aromatic heterocycles. The van der Waals surface area contributed by atoms with Crippen molar-refractivity contribution in [1.82, 2.24) is 0 Å². The third-order valence-electron chi connectivity index (χ3n) is 7.61. The van der Waals surface area contributed by atoms with Gasteiger partial charge in [-0.15, -0.1) is 0 Å². The van der Waals surface area contributed by atoms with Crippen LogP contribution in [0.1, 0.15) is 120 Å². The predicted molar refractivity (Wildman–Crippen MR) is 151 cm³/mol. The SMILES string of the molecule is Fc1ccc(CCCCCCCCCCCCCCC(CC2CCC2)=NOCc2ccccc2)cc1. The molecule has 2 aromatic carbocycles. The van der Waals surface area contributed by atoms with E-state index in [2.05, 4.69) is 29.4 Å². The molecule has 0 N–H and O–H groups in total. The topological polar surface area (TPSA) is 21.6 Å². The maximum atomic E-state index is 12.9. The third kappa shape index (κ3) is 12.7. The first-order valence-corrected chi connectivity index (χ1v) is 14.8. The van der Waals surface area contributed by atoms with Crippen molar-refractivity contribution in [3.8, 4) is 0 Å². The van der Waals surface area contributed by atoms with Crippen LogP contribution in [0.2, 0.25) is 0 Å². The molecule has 2 aromatic rings. The Labute approximate surface area is 219 Å². The minimum Gasteiger partial charge on any atom is -0.391 e. The number of halogens is 1. The van der Waals surface area contributed by atoms with E-state index in [1.165, 1.54) is 113 Å². The maximum absolute atomic E-state index is 12.9. The second-order valence-corrected chi connectivity index (χ2v) is 10.8. The van der Waals surface area contributed by atoms with Crippen molar-refractivity contribution in [2.24, 2.45) is 11.1 Å². The number of nitrogens with zero attached hydrogens (tertiary/aromatic N) is 1. The minimum absolute atomic E-state index is 0.137. The number of hydrogen-bond donors (Lipinski definition) is 0. The van der Waals surface area contributed by atoms with Gasteiger partial charge in [-0.25, -0.2) is 4.39 Å². The van der Waals surface area contributed by atoms with E-state index >= 15 is 0 Å². The van der Waals surface area contributed by atoms with E-state index in [1.807, 2.05) is 18.2 Å². The van der Waals surface area contributed by atoms with Crippen molar-refractivity contribution in [3.05, 3.63) is 71.5 Å². The molecule has 0 atom stereocenters. The Bertz CT molecular complexity index is 829. The molecule has 0 spiro atoms. The summed E-state index contributed by atoms with van der Waals surface area (Å²) < 4.78 is 12.9. The van der Waals surface area contributed by atoms with Gasteiger partial charge < -0.3 is 4.84 Å². The molecule has 198 valence electrons. The highest BCUT2D eigenvalue weighted by atomic mass is 19.1. The van der Waals surface area contributed by atoms with Gasteiger partial charge in [0.15, 0.2) is 0 Å². The summed E-state index contributed by atoms with van der Waals surface area (Å²) >= 11 is 0. The fraction of sp³-hybridized carbons (Fsp3) is 0.606. The molecule has 0 bridgehead atoms. The van der Waals surface area contributed by atoms with Crippen LogP contribution in [-0.4, -0.2) is 5.71 Å². The van der Waals surface area contributed by atoms with Crippen molar-refractivity contribution in [2.75, 3.05) is 0 Å². The molecule has 0 radical (unpaired) electrons. The van der Waals surface area contributed by atoms with Crippen LogP contribution in [0.15, 0.2) is 59.8 Å². The van der Waals surface area contributed by atoms with E-state index < -0.39 is 0 Å². The zero-order valence-electron chi connectivity index (χ0n) is 22.4. The van der Waals surface area contributed by atoms with Gasteiger partial charge in [0.25, 0.3) is 0 Å². The maximum Gasteiger partial charge on any atom is 0.142 e. The first kappa shape index (κ1) is 28.4. The highest BCUT2D eigenvalue weighted by Gasteiger charge is 2.19. The van der Waals surface area contributed by atoms with Crippen LogP contribution in [0.25, 0.3) is 0 Å². The summed E-state index contributed by atoms with van der Waals surface area (Å²) in [6.45, 7) is 0.574. The lowest BCUT2D eigenvalue weighted by molar-refractivity contribution is 0.128. The van der Waals surface area contributed by atoms with Crippen LogP contribution in [0, 0.1) is 11.7 Å². The van der Waals surface area contributed by atoms with E-state index in [9.17, 15) is 4.39 Å². The molecule has 0 heterocycles. The van der Waals surface area contributed by atoms with Gasteiger partial charge in [-0.1, -0.05) is 131 Å². The van der Waals surface area contributed by atoms with Crippen LogP contribution in [-0.2, 0) is 17.9 Å². The fourth-order valence-corrected chi connectivity index (χ4v) is 5.06. The lowest BCUT2D eigenvalue weighted by Crippen LogP contribution is -2.16. The molecule has 0 amide bonds. The van der Waals surface area contributed by atoms with Crippen molar-refractivity contribution in [3.63, 3.8) is 0 Å². The van der Waals surface area contributed by atoms with E-state index in [0.29, 0.717) is 6.61 Å². The molecule has 1 saturated carbocycles. The molecule has 36 heavy (non-hydrogen) atoms. The summed E-state index contributed by atoms with van der Waals surface area (Å²) in [4.78, 5) is 5.71. The van der Waals surface area contributed by atoms with E-state index in [4.69, 9.17) is 4.84 Å². The van der Waals surface area contributed by atoms with Crippen LogP contribution >= 0.6 is 0 Å². The van der Waals surface area contributed by atoms with Crippen LogP contribution in [0.5, 0.6) is 0 Å². The van der Waals surface area contributed by atoms with Gasteiger partial charge in [-0.2, -0.15) is 0 Å². The number of benzene rings is 2. The Morgan fingerprint density at radius 2 is 1.28 bits per heavy atom. The Morgan fingerprint density at radius 3 is 1.86 bits per heavy atom. The molecular weight excluding hydrogens is 445 g/mol. The monoisotopic (exact) mass is 493 g/mol. The highest BCUT2D eigenvalue weighted by molar-refractivity contribution is 5.84. The number of rotatable bonds is 20. The average Bonchev–Trinajstić information content (AvgIpc) is 2.87. The first-order chi connectivity index (χ1) is 17.8. The Kier molecular flexibility index (Phi) is 14.3. The minimum atomic E-state index is -0.137. The van der Waals surface area contributed by atoms with Gasteiger partial charge >= 0.3 is 0 Å². The molecule has 3 heteroatoms. The van der Waals surface area contributed by atoms with Crippen LogP contribution in [0.4, 0.5) is 4.39 Å². The van der Waals surface area contributed by atoms with Gasteiger partial charge in [0, 0.05) is 0 Å². The lowest BCUT2D eigenvalue weighted by atomic mass is 9.81. The highest BCUT2D eigenvalue weighted by Crippen LogP contribution is 2.30. The van der Waals surface area contributed by atoms with Crippen LogP contribution < -0.4 is 0 Å². The summed E-state index contributed by atoms with van der Waals surface area (Å²) in [6, 6.07) is 17.3. The normalized spacial score (nSPS) is 14.1. The fourth-order valence-electron chi connectivity index (χ4n) is 5.06. The molecule has 1 fully saturated rings. The van der Waals surface area contributed by atoms with E-state index in [-0.39, 0.29) is 5.82 Å². The van der Waals surface area contributed by atoms with Crippen molar-refractivity contribution in [1.29, 1.82) is 0 Å². The van der Waals surface area contributed by atoms with Gasteiger partial charge in [0.2, 0.25) is 0 Å². The smallest absolute Gasteiger partial charge is 0.142 e. The van der Waals surface area contributed by atoms with Gasteiger partial charge in [-0.05, 0) is 61.3 Å². The molecule has 1 aliphatic rings. The van der Waals surface area contributed by atoms with Gasteiger partial charge in [0.05, 0.1) is 5.71 Å². The molecular formula is C33H48FNO. The lowest BCUT2D eigenvalue weighted by Gasteiger charge is -2.25. The zero-order chi connectivity index (χ0) is 25.1. The standard InChI is InChI=1S/C33H48FNO/c34-32-25-23-29(24-26-32)17-12-9-7-5-3-1-2-4-6-8-10-15-22-33(27-30-20-16-21-30)35-36-28-31-18-13-11-14-19-31/h11,13-14,18-19,23-26,30H,1-10,12,15-17,20-22,27-28H2. The number of oxime groups is 1. The molecule has 1 aliphatic carbocycles. The molecule has 0 saturated heterocycles. The summed E-state index contributed by atoms with van der Waals surface area (Å²) in [5.74, 6) is 0.709. The number of hydrogen-bond acceptors (Lipinski definition) is 2. The predicted octanol–water partition coefficient (Wildman–Crippen LogP) is 10.2. The quantitative estimate of drug-likeness (QED) is 0.102.